The van der Waals surface area contributed by atoms with Crippen LogP contribution in [0.5, 0.6) is 0 Å². The van der Waals surface area contributed by atoms with Crippen molar-refractivity contribution in [3.63, 3.8) is 0 Å². The summed E-state index contributed by atoms with van der Waals surface area (Å²) < 4.78 is 32.9. The van der Waals surface area contributed by atoms with E-state index in [1.165, 1.54) is 7.11 Å². The number of ether oxygens (including phenoxy) is 1. The number of piperidine rings is 1. The van der Waals surface area contributed by atoms with Gasteiger partial charge < -0.3 is 4.74 Å². The number of rotatable bonds is 6. The standard InChI is InChI=1S/C20H29NO4S/c1-6-16-13-21(26(23,24)18-9-7-15(4)8-10-18)19(14(2)3)11-17(16)12-20(22)25-5/h6-10,14,16-17,19H,1,11-13H2,2-5H3/t16-,17+,19+/m0/s1. The molecule has 0 bridgehead atoms. The molecule has 0 amide bonds. The third kappa shape index (κ3) is 4.35. The molecule has 0 spiro atoms. The van der Waals surface area contributed by atoms with Gasteiger partial charge in [-0.3, -0.25) is 4.79 Å². The van der Waals surface area contributed by atoms with Crippen LogP contribution in [0.1, 0.15) is 32.3 Å². The van der Waals surface area contributed by atoms with Crippen molar-refractivity contribution >= 4 is 16.0 Å². The first-order valence-corrected chi connectivity index (χ1v) is 10.4. The maximum atomic E-state index is 13.3. The number of sulfonamides is 1. The molecule has 1 aromatic rings. The Labute approximate surface area is 157 Å². The van der Waals surface area contributed by atoms with Crippen LogP contribution < -0.4 is 0 Å². The van der Waals surface area contributed by atoms with Crippen molar-refractivity contribution in [2.24, 2.45) is 17.8 Å². The Hall–Kier alpha value is -1.66. The number of nitrogens with zero attached hydrogens (tertiary/aromatic N) is 1. The molecule has 0 N–H and O–H groups in total. The molecule has 5 nitrogen and oxygen atoms in total. The van der Waals surface area contributed by atoms with Gasteiger partial charge in [0.25, 0.3) is 0 Å². The SMILES string of the molecule is C=C[C@H]1CN(S(=O)(=O)c2ccc(C)cc2)[C@@H](C(C)C)C[C@@H]1CC(=O)OC. The lowest BCUT2D eigenvalue weighted by Crippen LogP contribution is -2.52. The number of carbonyl (C=O) groups excluding carboxylic acids is 1. The number of hydrogen-bond donors (Lipinski definition) is 0. The van der Waals surface area contributed by atoms with Gasteiger partial charge in [0.15, 0.2) is 0 Å². The molecule has 0 radical (unpaired) electrons. The van der Waals surface area contributed by atoms with Crippen LogP contribution in [0.2, 0.25) is 0 Å². The van der Waals surface area contributed by atoms with Crippen LogP contribution in [-0.2, 0) is 19.6 Å². The molecule has 0 unspecified atom stereocenters. The van der Waals surface area contributed by atoms with Gasteiger partial charge in [0.2, 0.25) is 10.0 Å². The van der Waals surface area contributed by atoms with Gasteiger partial charge >= 0.3 is 5.97 Å². The Bertz CT molecular complexity index is 740. The van der Waals surface area contributed by atoms with Crippen LogP contribution in [0.25, 0.3) is 0 Å². The van der Waals surface area contributed by atoms with Crippen LogP contribution >= 0.6 is 0 Å². The van der Waals surface area contributed by atoms with Gasteiger partial charge in [0.1, 0.15) is 0 Å². The smallest absolute Gasteiger partial charge is 0.305 e. The molecule has 0 aliphatic carbocycles. The molecule has 26 heavy (non-hydrogen) atoms. The van der Waals surface area contributed by atoms with E-state index >= 15 is 0 Å². The summed E-state index contributed by atoms with van der Waals surface area (Å²) in [6, 6.07) is 6.78. The average Bonchev–Trinajstić information content (AvgIpc) is 2.61. The second-order valence-corrected chi connectivity index (χ2v) is 9.27. The highest BCUT2D eigenvalue weighted by Crippen LogP contribution is 2.37. The Morgan fingerprint density at radius 2 is 1.96 bits per heavy atom. The van der Waals surface area contributed by atoms with Crippen LogP contribution in [0, 0.1) is 24.7 Å². The maximum Gasteiger partial charge on any atom is 0.305 e. The molecular formula is C20H29NO4S. The maximum absolute atomic E-state index is 13.3. The normalized spacial score (nSPS) is 24.4. The fraction of sp³-hybridized carbons (Fsp3) is 0.550. The molecule has 2 rings (SSSR count). The summed E-state index contributed by atoms with van der Waals surface area (Å²) in [4.78, 5) is 12.1. The molecule has 0 aromatic heterocycles. The highest BCUT2D eigenvalue weighted by molar-refractivity contribution is 7.89. The molecule has 3 atom stereocenters. The number of methoxy groups -OCH3 is 1. The first-order valence-electron chi connectivity index (χ1n) is 8.98. The molecular weight excluding hydrogens is 350 g/mol. The summed E-state index contributed by atoms with van der Waals surface area (Å²) in [7, 11) is -2.23. The zero-order chi connectivity index (χ0) is 19.5. The number of aryl methyl sites for hydroxylation is 1. The van der Waals surface area contributed by atoms with Crippen molar-refractivity contribution in [2.75, 3.05) is 13.7 Å². The van der Waals surface area contributed by atoms with E-state index in [0.29, 0.717) is 17.9 Å². The molecule has 1 aliphatic rings. The van der Waals surface area contributed by atoms with Crippen molar-refractivity contribution in [3.05, 3.63) is 42.5 Å². The van der Waals surface area contributed by atoms with E-state index in [1.54, 1.807) is 22.5 Å². The summed E-state index contributed by atoms with van der Waals surface area (Å²) in [5.74, 6) is -0.165. The molecule has 6 heteroatoms. The summed E-state index contributed by atoms with van der Waals surface area (Å²) in [6.07, 6.45) is 2.67. The third-order valence-corrected chi connectivity index (χ3v) is 7.17. The molecule has 1 heterocycles. The van der Waals surface area contributed by atoms with Crippen molar-refractivity contribution in [1.29, 1.82) is 0 Å². The minimum atomic E-state index is -3.60. The lowest BCUT2D eigenvalue weighted by Gasteiger charge is -2.44. The topological polar surface area (TPSA) is 63.7 Å². The van der Waals surface area contributed by atoms with Crippen molar-refractivity contribution in [3.8, 4) is 0 Å². The summed E-state index contributed by atoms with van der Waals surface area (Å²) >= 11 is 0. The van der Waals surface area contributed by atoms with E-state index in [0.717, 1.165) is 5.56 Å². The lowest BCUT2D eigenvalue weighted by atomic mass is 9.78. The summed E-state index contributed by atoms with van der Waals surface area (Å²) in [5.41, 5.74) is 1.02. The van der Waals surface area contributed by atoms with Gasteiger partial charge in [-0.25, -0.2) is 8.42 Å². The zero-order valence-electron chi connectivity index (χ0n) is 16.0. The van der Waals surface area contributed by atoms with Gasteiger partial charge in [-0.05, 0) is 43.2 Å². The molecule has 0 saturated carbocycles. The molecule has 1 aromatic carbocycles. The van der Waals surface area contributed by atoms with Crippen LogP contribution in [-0.4, -0.2) is 38.4 Å². The Balaban J connectivity index is 2.36. The van der Waals surface area contributed by atoms with Gasteiger partial charge in [-0.2, -0.15) is 4.31 Å². The summed E-state index contributed by atoms with van der Waals surface area (Å²) in [5, 5.41) is 0. The highest BCUT2D eigenvalue weighted by atomic mass is 32.2. The predicted molar refractivity (Wildman–Crippen MR) is 102 cm³/mol. The van der Waals surface area contributed by atoms with Gasteiger partial charge in [-0.15, -0.1) is 6.58 Å². The minimum absolute atomic E-state index is 0.0387. The van der Waals surface area contributed by atoms with E-state index in [2.05, 4.69) is 6.58 Å². The molecule has 1 aliphatic heterocycles. The van der Waals surface area contributed by atoms with Gasteiger partial charge in [0.05, 0.1) is 12.0 Å². The predicted octanol–water partition coefficient (Wildman–Crippen LogP) is 3.40. The molecule has 1 saturated heterocycles. The Kier molecular flexibility index (Phi) is 6.64. The Morgan fingerprint density at radius 1 is 1.35 bits per heavy atom. The quantitative estimate of drug-likeness (QED) is 0.561. The fourth-order valence-corrected chi connectivity index (χ4v) is 5.43. The van der Waals surface area contributed by atoms with Crippen molar-refractivity contribution < 1.29 is 17.9 Å². The number of carbonyl (C=O) groups is 1. The summed E-state index contributed by atoms with van der Waals surface area (Å²) in [6.45, 7) is 10.2. The lowest BCUT2D eigenvalue weighted by molar-refractivity contribution is -0.142. The zero-order valence-corrected chi connectivity index (χ0v) is 16.8. The number of benzene rings is 1. The minimum Gasteiger partial charge on any atom is -0.469 e. The highest BCUT2D eigenvalue weighted by Gasteiger charge is 2.42. The van der Waals surface area contributed by atoms with E-state index in [9.17, 15) is 13.2 Å². The van der Waals surface area contributed by atoms with E-state index in [1.807, 2.05) is 32.9 Å². The average molecular weight is 380 g/mol. The molecule has 144 valence electrons. The van der Waals surface area contributed by atoms with E-state index in [4.69, 9.17) is 4.74 Å². The Morgan fingerprint density at radius 3 is 2.46 bits per heavy atom. The van der Waals surface area contributed by atoms with Gasteiger partial charge in [-0.1, -0.05) is 37.6 Å². The third-order valence-electron chi connectivity index (χ3n) is 5.27. The van der Waals surface area contributed by atoms with Gasteiger partial charge in [0, 0.05) is 19.0 Å². The van der Waals surface area contributed by atoms with E-state index < -0.39 is 10.0 Å². The first-order chi connectivity index (χ1) is 12.2. The van der Waals surface area contributed by atoms with Crippen LogP contribution in [0.3, 0.4) is 0 Å². The largest absolute Gasteiger partial charge is 0.469 e. The van der Waals surface area contributed by atoms with Crippen LogP contribution in [0.4, 0.5) is 0 Å². The van der Waals surface area contributed by atoms with E-state index in [-0.39, 0.29) is 36.2 Å². The second kappa shape index (κ2) is 8.35. The fourth-order valence-electron chi connectivity index (χ4n) is 3.62. The van der Waals surface area contributed by atoms with Crippen molar-refractivity contribution in [2.45, 2.75) is 44.6 Å². The molecule has 1 fully saturated rings. The number of esters is 1. The number of hydrogen-bond acceptors (Lipinski definition) is 4. The second-order valence-electron chi connectivity index (χ2n) is 7.37. The first kappa shape index (κ1) is 20.6. The monoisotopic (exact) mass is 379 g/mol. The van der Waals surface area contributed by atoms with Crippen LogP contribution in [0.15, 0.2) is 41.8 Å². The van der Waals surface area contributed by atoms with Crippen molar-refractivity contribution in [1.82, 2.24) is 4.31 Å².